The summed E-state index contributed by atoms with van der Waals surface area (Å²) in [5, 5.41) is 7.55. The molecule has 1 fully saturated rings. The number of halogens is 1. The van der Waals surface area contributed by atoms with Gasteiger partial charge in [-0.3, -0.25) is 4.68 Å². The van der Waals surface area contributed by atoms with Crippen LogP contribution >= 0.6 is 0 Å². The molecule has 1 N–H and O–H groups in total. The number of carbonyl (C=O) groups excluding carboxylic acids is 1. The highest BCUT2D eigenvalue weighted by atomic mass is 19.1. The molecule has 0 aliphatic carbocycles. The van der Waals surface area contributed by atoms with E-state index in [0.29, 0.717) is 31.4 Å². The van der Waals surface area contributed by atoms with Crippen LogP contribution in [0.3, 0.4) is 0 Å². The molecular formula is C22H29FN4O2. The number of aryl methyl sites for hydroxylation is 1. The molecule has 1 saturated heterocycles. The number of piperidine rings is 1. The second-order valence-electron chi connectivity index (χ2n) is 7.92. The van der Waals surface area contributed by atoms with Gasteiger partial charge in [0.05, 0.1) is 12.6 Å². The summed E-state index contributed by atoms with van der Waals surface area (Å²) in [6.45, 7) is 5.10. The molecule has 0 saturated carbocycles. The number of ether oxygens (including phenoxy) is 1. The number of nitrogens with one attached hydrogen (secondary N) is 1. The van der Waals surface area contributed by atoms with Gasteiger partial charge in [0.25, 0.3) is 0 Å². The van der Waals surface area contributed by atoms with Gasteiger partial charge in [-0.05, 0) is 56.4 Å². The molecule has 3 heterocycles. The largest absolute Gasteiger partial charge is 0.493 e. The molecule has 7 heteroatoms. The predicted octanol–water partition coefficient (Wildman–Crippen LogP) is 4.24. The molecule has 2 amide bonds. The number of benzene rings is 1. The van der Waals surface area contributed by atoms with E-state index < -0.39 is 0 Å². The number of amides is 2. The number of urea groups is 1. The van der Waals surface area contributed by atoms with E-state index in [4.69, 9.17) is 4.74 Å². The summed E-state index contributed by atoms with van der Waals surface area (Å²) in [5.74, 6) is 0.796. The molecule has 6 nitrogen and oxygen atoms in total. The quantitative estimate of drug-likeness (QED) is 0.835. The summed E-state index contributed by atoms with van der Waals surface area (Å²) >= 11 is 0. The molecule has 29 heavy (non-hydrogen) atoms. The fraction of sp³-hybridized carbons (Fsp3) is 0.545. The first-order valence-corrected chi connectivity index (χ1v) is 10.6. The van der Waals surface area contributed by atoms with Crippen LogP contribution in [0.25, 0.3) is 0 Å². The van der Waals surface area contributed by atoms with E-state index in [2.05, 4.69) is 28.1 Å². The summed E-state index contributed by atoms with van der Waals surface area (Å²) in [7, 11) is 0. The lowest BCUT2D eigenvalue weighted by molar-refractivity contribution is 0.176. The van der Waals surface area contributed by atoms with Crippen molar-refractivity contribution in [2.45, 2.75) is 57.5 Å². The number of nitrogens with zero attached hydrogens (tertiary/aromatic N) is 3. The van der Waals surface area contributed by atoms with Crippen molar-refractivity contribution in [1.29, 1.82) is 0 Å². The first kappa shape index (κ1) is 19.7. The van der Waals surface area contributed by atoms with Gasteiger partial charge in [-0.15, -0.1) is 0 Å². The highest BCUT2D eigenvalue weighted by molar-refractivity contribution is 5.75. The molecule has 2 aromatic rings. The smallest absolute Gasteiger partial charge is 0.317 e. The summed E-state index contributed by atoms with van der Waals surface area (Å²) < 4.78 is 21.6. The lowest BCUT2D eigenvalue weighted by atomic mass is 9.93. The van der Waals surface area contributed by atoms with Gasteiger partial charge in [0.15, 0.2) is 0 Å². The second kappa shape index (κ2) is 8.84. The highest BCUT2D eigenvalue weighted by Gasteiger charge is 2.28. The Labute approximate surface area is 171 Å². The minimum Gasteiger partial charge on any atom is -0.493 e. The standard InChI is InChI=1S/C22H29FN4O2/c1-2-11-27-20(7-10-24-27)16-8-12-26(13-9-16)22(28)25-19-4-3-14-29-21-6-5-17(23)15-18(19)21/h5-7,10,15-16,19H,2-4,8-9,11-14H2,1H3,(H,25,28). The summed E-state index contributed by atoms with van der Waals surface area (Å²) in [6.07, 6.45) is 6.36. The first-order valence-electron chi connectivity index (χ1n) is 10.6. The normalized spacial score (nSPS) is 19.9. The Hall–Kier alpha value is -2.57. The molecule has 0 radical (unpaired) electrons. The minimum atomic E-state index is -0.307. The lowest BCUT2D eigenvalue weighted by Crippen LogP contribution is -2.45. The van der Waals surface area contributed by atoms with Crippen LogP contribution in [0.1, 0.15) is 62.2 Å². The molecule has 1 aromatic carbocycles. The van der Waals surface area contributed by atoms with E-state index in [1.54, 1.807) is 6.07 Å². The molecule has 0 bridgehead atoms. The van der Waals surface area contributed by atoms with E-state index >= 15 is 0 Å². The van der Waals surface area contributed by atoms with E-state index in [1.165, 1.54) is 17.8 Å². The van der Waals surface area contributed by atoms with E-state index in [1.807, 2.05) is 11.1 Å². The Bertz CT molecular complexity index is 845. The molecule has 1 unspecified atom stereocenters. The number of carbonyl (C=O) groups is 1. The number of hydrogen-bond donors (Lipinski definition) is 1. The topological polar surface area (TPSA) is 59.4 Å². The van der Waals surface area contributed by atoms with Gasteiger partial charge < -0.3 is 15.0 Å². The highest BCUT2D eigenvalue weighted by Crippen LogP contribution is 2.33. The number of likely N-dealkylation sites (tertiary alicyclic amines) is 1. The number of rotatable bonds is 4. The van der Waals surface area contributed by atoms with Crippen LogP contribution < -0.4 is 10.1 Å². The van der Waals surface area contributed by atoms with Gasteiger partial charge in [-0.25, -0.2) is 9.18 Å². The Morgan fingerprint density at radius 1 is 1.28 bits per heavy atom. The van der Waals surface area contributed by atoms with Crippen molar-refractivity contribution in [3.05, 3.63) is 47.5 Å². The molecule has 2 aliphatic rings. The zero-order valence-corrected chi connectivity index (χ0v) is 16.9. The van der Waals surface area contributed by atoms with Crippen LogP contribution in [0, 0.1) is 5.82 Å². The molecular weight excluding hydrogens is 371 g/mol. The predicted molar refractivity (Wildman–Crippen MR) is 108 cm³/mol. The van der Waals surface area contributed by atoms with Crippen molar-refractivity contribution in [3.63, 3.8) is 0 Å². The van der Waals surface area contributed by atoms with Gasteiger partial charge in [0.1, 0.15) is 11.6 Å². The van der Waals surface area contributed by atoms with Gasteiger partial charge in [0, 0.05) is 43.0 Å². The Kier molecular flexibility index (Phi) is 6.02. The first-order chi connectivity index (χ1) is 14.2. The summed E-state index contributed by atoms with van der Waals surface area (Å²) in [5.41, 5.74) is 2.01. The van der Waals surface area contributed by atoms with Crippen LogP contribution in [0.2, 0.25) is 0 Å². The molecule has 2 aliphatic heterocycles. The number of aromatic nitrogens is 2. The maximum atomic E-state index is 13.8. The van der Waals surface area contributed by atoms with Gasteiger partial charge in [0.2, 0.25) is 0 Å². The van der Waals surface area contributed by atoms with Gasteiger partial charge in [-0.2, -0.15) is 5.10 Å². The van der Waals surface area contributed by atoms with Crippen molar-refractivity contribution in [3.8, 4) is 5.75 Å². The zero-order valence-electron chi connectivity index (χ0n) is 16.9. The van der Waals surface area contributed by atoms with Crippen LogP contribution in [0.4, 0.5) is 9.18 Å². The van der Waals surface area contributed by atoms with E-state index in [9.17, 15) is 9.18 Å². The summed E-state index contributed by atoms with van der Waals surface area (Å²) in [6, 6.07) is 6.34. The second-order valence-corrected chi connectivity index (χ2v) is 7.92. The van der Waals surface area contributed by atoms with Crippen molar-refractivity contribution < 1.29 is 13.9 Å². The van der Waals surface area contributed by atoms with Crippen molar-refractivity contribution in [2.24, 2.45) is 0 Å². The Balaban J connectivity index is 1.38. The van der Waals surface area contributed by atoms with Crippen molar-refractivity contribution in [1.82, 2.24) is 20.0 Å². The third kappa shape index (κ3) is 4.38. The van der Waals surface area contributed by atoms with Crippen LogP contribution in [0.15, 0.2) is 30.5 Å². The van der Waals surface area contributed by atoms with Crippen molar-refractivity contribution >= 4 is 6.03 Å². The fourth-order valence-corrected chi connectivity index (χ4v) is 4.41. The van der Waals surface area contributed by atoms with Crippen molar-refractivity contribution in [2.75, 3.05) is 19.7 Å². The van der Waals surface area contributed by atoms with Crippen LogP contribution in [-0.2, 0) is 6.54 Å². The number of hydrogen-bond acceptors (Lipinski definition) is 3. The molecule has 1 aromatic heterocycles. The van der Waals surface area contributed by atoms with Gasteiger partial charge >= 0.3 is 6.03 Å². The maximum Gasteiger partial charge on any atom is 0.317 e. The monoisotopic (exact) mass is 400 g/mol. The molecule has 0 spiro atoms. The Morgan fingerprint density at radius 2 is 2.10 bits per heavy atom. The minimum absolute atomic E-state index is 0.0763. The third-order valence-electron chi connectivity index (χ3n) is 5.92. The van der Waals surface area contributed by atoms with E-state index in [0.717, 1.165) is 44.2 Å². The molecule has 156 valence electrons. The van der Waals surface area contributed by atoms with E-state index in [-0.39, 0.29) is 17.9 Å². The maximum absolute atomic E-state index is 13.8. The van der Waals surface area contributed by atoms with Crippen LogP contribution in [-0.4, -0.2) is 40.4 Å². The lowest BCUT2D eigenvalue weighted by Gasteiger charge is -2.33. The number of fused-ring (bicyclic) bond motifs is 1. The van der Waals surface area contributed by atoms with Gasteiger partial charge in [-0.1, -0.05) is 6.92 Å². The third-order valence-corrected chi connectivity index (χ3v) is 5.92. The fourth-order valence-electron chi connectivity index (χ4n) is 4.41. The Morgan fingerprint density at radius 3 is 2.90 bits per heavy atom. The average molecular weight is 400 g/mol. The SMILES string of the molecule is CCCn1nccc1C1CCN(C(=O)NC2CCCOc3ccc(F)cc32)CC1. The zero-order chi connectivity index (χ0) is 20.2. The molecule has 1 atom stereocenters. The summed E-state index contributed by atoms with van der Waals surface area (Å²) in [4.78, 5) is 14.8. The average Bonchev–Trinajstić information content (AvgIpc) is 3.10. The van der Waals surface area contributed by atoms with Crippen LogP contribution in [0.5, 0.6) is 5.75 Å². The molecule has 4 rings (SSSR count).